The van der Waals surface area contributed by atoms with E-state index in [4.69, 9.17) is 0 Å². The zero-order valence-electron chi connectivity index (χ0n) is 15.3. The molecule has 0 bridgehead atoms. The van der Waals surface area contributed by atoms with Crippen LogP contribution in [-0.4, -0.2) is 27.2 Å². The van der Waals surface area contributed by atoms with Gasteiger partial charge in [0.2, 0.25) is 5.82 Å². The van der Waals surface area contributed by atoms with E-state index >= 15 is 0 Å². The lowest BCUT2D eigenvalue weighted by Gasteiger charge is -2.09. The van der Waals surface area contributed by atoms with Crippen molar-refractivity contribution in [3.8, 4) is 0 Å². The fourth-order valence-electron chi connectivity index (χ4n) is 2.76. The summed E-state index contributed by atoms with van der Waals surface area (Å²) < 4.78 is 1.63. The summed E-state index contributed by atoms with van der Waals surface area (Å²) in [6.45, 7) is 7.70. The molecule has 0 fully saturated rings. The number of anilines is 1. The Bertz CT molecular complexity index is 989. The van der Waals surface area contributed by atoms with E-state index in [1.807, 2.05) is 52.0 Å². The summed E-state index contributed by atoms with van der Waals surface area (Å²) in [6.07, 6.45) is 1.73. The molecule has 26 heavy (non-hydrogen) atoms. The Morgan fingerprint density at radius 2 is 1.81 bits per heavy atom. The van der Waals surface area contributed by atoms with Gasteiger partial charge in [0.25, 0.3) is 11.8 Å². The molecule has 0 saturated heterocycles. The number of nitrogens with zero attached hydrogens (tertiary/aromatic N) is 2. The second-order valence-corrected chi connectivity index (χ2v) is 6.57. The van der Waals surface area contributed by atoms with E-state index in [-0.39, 0.29) is 29.4 Å². The first kappa shape index (κ1) is 17.7. The Labute approximate surface area is 152 Å². The van der Waals surface area contributed by atoms with Gasteiger partial charge in [0, 0.05) is 17.9 Å². The number of amides is 2. The van der Waals surface area contributed by atoms with E-state index in [9.17, 15) is 9.59 Å². The number of imidazole rings is 1. The van der Waals surface area contributed by atoms with Crippen molar-refractivity contribution < 1.29 is 9.59 Å². The lowest BCUT2D eigenvalue weighted by Crippen LogP contribution is -2.30. The summed E-state index contributed by atoms with van der Waals surface area (Å²) >= 11 is 0. The van der Waals surface area contributed by atoms with Crippen molar-refractivity contribution in [1.82, 2.24) is 14.7 Å². The first-order valence-electron chi connectivity index (χ1n) is 8.54. The van der Waals surface area contributed by atoms with Crippen LogP contribution in [0.2, 0.25) is 0 Å². The number of nitrogens with one attached hydrogen (secondary N) is 2. The van der Waals surface area contributed by atoms with Crippen LogP contribution < -0.4 is 10.6 Å². The molecule has 0 radical (unpaired) electrons. The van der Waals surface area contributed by atoms with Gasteiger partial charge in [-0.1, -0.05) is 18.2 Å². The van der Waals surface area contributed by atoms with Crippen molar-refractivity contribution in [2.75, 3.05) is 5.32 Å². The first-order chi connectivity index (χ1) is 12.4. The van der Waals surface area contributed by atoms with Crippen molar-refractivity contribution in [3.63, 3.8) is 0 Å². The molecule has 3 rings (SSSR count). The van der Waals surface area contributed by atoms with Gasteiger partial charge >= 0.3 is 0 Å². The molecule has 1 aromatic carbocycles. The number of aromatic nitrogens is 2. The lowest BCUT2D eigenvalue weighted by molar-refractivity contribution is 0.0940. The summed E-state index contributed by atoms with van der Waals surface area (Å²) in [5.74, 6) is -0.478. The number of benzene rings is 1. The number of pyridine rings is 1. The molecule has 0 atom stereocenters. The quantitative estimate of drug-likeness (QED) is 0.758. The summed E-state index contributed by atoms with van der Waals surface area (Å²) in [4.78, 5) is 29.6. The van der Waals surface area contributed by atoms with E-state index in [0.717, 1.165) is 16.8 Å². The Hall–Kier alpha value is -3.15. The molecule has 0 spiro atoms. The normalized spacial score (nSPS) is 11.0. The molecule has 2 aromatic heterocycles. The topological polar surface area (TPSA) is 75.5 Å². The summed E-state index contributed by atoms with van der Waals surface area (Å²) in [5, 5.41) is 5.72. The minimum absolute atomic E-state index is 0.0183. The fourth-order valence-corrected chi connectivity index (χ4v) is 2.76. The highest BCUT2D eigenvalue weighted by Gasteiger charge is 2.22. The maximum absolute atomic E-state index is 12.8. The molecule has 0 unspecified atom stereocenters. The summed E-state index contributed by atoms with van der Waals surface area (Å²) in [7, 11) is 0. The molecule has 0 aliphatic heterocycles. The third-order valence-corrected chi connectivity index (χ3v) is 4.24. The lowest BCUT2D eigenvalue weighted by atomic mass is 10.1. The SMILES string of the molecule is Cc1cccc(NC(=O)c2nc(C(=O)NC(C)C)c3ccccn23)c1C. The number of fused-ring (bicyclic) bond motifs is 1. The van der Waals surface area contributed by atoms with Crippen molar-refractivity contribution >= 4 is 23.0 Å². The molecular weight excluding hydrogens is 328 g/mol. The molecule has 0 aliphatic rings. The van der Waals surface area contributed by atoms with Gasteiger partial charge in [-0.05, 0) is 57.0 Å². The highest BCUT2D eigenvalue weighted by molar-refractivity contribution is 6.06. The van der Waals surface area contributed by atoms with Crippen LogP contribution in [0, 0.1) is 13.8 Å². The van der Waals surface area contributed by atoms with Gasteiger partial charge in [0.1, 0.15) is 0 Å². The van der Waals surface area contributed by atoms with E-state index < -0.39 is 0 Å². The van der Waals surface area contributed by atoms with Gasteiger partial charge in [0.15, 0.2) is 5.69 Å². The Kier molecular flexibility index (Phi) is 4.75. The number of carbonyl (C=O) groups excluding carboxylic acids is 2. The van der Waals surface area contributed by atoms with Gasteiger partial charge < -0.3 is 10.6 Å². The largest absolute Gasteiger partial charge is 0.348 e. The smallest absolute Gasteiger partial charge is 0.292 e. The van der Waals surface area contributed by atoms with E-state index in [0.29, 0.717) is 5.52 Å². The predicted octanol–water partition coefficient (Wildman–Crippen LogP) is 3.34. The first-order valence-corrected chi connectivity index (χ1v) is 8.54. The highest BCUT2D eigenvalue weighted by atomic mass is 16.2. The van der Waals surface area contributed by atoms with E-state index in [2.05, 4.69) is 15.6 Å². The minimum atomic E-state index is -0.358. The summed E-state index contributed by atoms with van der Waals surface area (Å²) in [5.41, 5.74) is 3.66. The second-order valence-electron chi connectivity index (χ2n) is 6.57. The average Bonchev–Trinajstić information content (AvgIpc) is 2.98. The van der Waals surface area contributed by atoms with Crippen LogP contribution in [-0.2, 0) is 0 Å². The highest BCUT2D eigenvalue weighted by Crippen LogP contribution is 2.20. The third kappa shape index (κ3) is 3.31. The molecule has 3 aromatic rings. The molecule has 6 heteroatoms. The van der Waals surface area contributed by atoms with Crippen LogP contribution in [0.3, 0.4) is 0 Å². The number of hydrogen-bond acceptors (Lipinski definition) is 3. The van der Waals surface area contributed by atoms with Crippen LogP contribution in [0.25, 0.3) is 5.52 Å². The third-order valence-electron chi connectivity index (χ3n) is 4.24. The van der Waals surface area contributed by atoms with Gasteiger partial charge in [-0.25, -0.2) is 4.98 Å². The Morgan fingerprint density at radius 1 is 1.04 bits per heavy atom. The molecule has 134 valence electrons. The number of aryl methyl sites for hydroxylation is 1. The van der Waals surface area contributed by atoms with Crippen molar-refractivity contribution in [2.45, 2.75) is 33.7 Å². The van der Waals surface area contributed by atoms with E-state index in [1.165, 1.54) is 0 Å². The van der Waals surface area contributed by atoms with Crippen LogP contribution in [0.1, 0.15) is 46.1 Å². The van der Waals surface area contributed by atoms with Crippen LogP contribution in [0.15, 0.2) is 42.6 Å². The molecule has 0 aliphatic carbocycles. The van der Waals surface area contributed by atoms with Crippen LogP contribution >= 0.6 is 0 Å². The maximum atomic E-state index is 12.8. The molecular formula is C20H22N4O2. The number of carbonyl (C=O) groups is 2. The van der Waals surface area contributed by atoms with E-state index in [1.54, 1.807) is 22.7 Å². The number of hydrogen-bond donors (Lipinski definition) is 2. The van der Waals surface area contributed by atoms with Gasteiger partial charge in [-0.15, -0.1) is 0 Å². The summed E-state index contributed by atoms with van der Waals surface area (Å²) in [6, 6.07) is 11.1. The molecule has 6 nitrogen and oxygen atoms in total. The zero-order chi connectivity index (χ0) is 18.8. The van der Waals surface area contributed by atoms with Gasteiger partial charge in [-0.3, -0.25) is 14.0 Å². The number of rotatable bonds is 4. The molecule has 0 saturated carbocycles. The minimum Gasteiger partial charge on any atom is -0.348 e. The standard InChI is InChI=1S/C20H22N4O2/c1-12(2)21-19(25)17-16-10-5-6-11-24(16)18(23-17)20(26)22-15-9-7-8-13(3)14(15)4/h5-12H,1-4H3,(H,21,25)(H,22,26). The maximum Gasteiger partial charge on any atom is 0.292 e. The van der Waals surface area contributed by atoms with Crippen molar-refractivity contribution in [1.29, 1.82) is 0 Å². The predicted molar refractivity (Wildman–Crippen MR) is 102 cm³/mol. The van der Waals surface area contributed by atoms with Crippen LogP contribution in [0.4, 0.5) is 5.69 Å². The Morgan fingerprint density at radius 3 is 2.54 bits per heavy atom. The van der Waals surface area contributed by atoms with Crippen LogP contribution in [0.5, 0.6) is 0 Å². The van der Waals surface area contributed by atoms with Gasteiger partial charge in [-0.2, -0.15) is 0 Å². The second kappa shape index (κ2) is 7.00. The molecule has 2 N–H and O–H groups in total. The monoisotopic (exact) mass is 350 g/mol. The average molecular weight is 350 g/mol. The van der Waals surface area contributed by atoms with Gasteiger partial charge in [0.05, 0.1) is 5.52 Å². The van der Waals surface area contributed by atoms with Crippen molar-refractivity contribution in [2.24, 2.45) is 0 Å². The molecule has 2 amide bonds. The zero-order valence-corrected chi connectivity index (χ0v) is 15.3. The Balaban J connectivity index is 2.01. The van der Waals surface area contributed by atoms with Crippen molar-refractivity contribution in [3.05, 3.63) is 65.2 Å². The fraction of sp³-hybridized carbons (Fsp3) is 0.250. The molecule has 2 heterocycles.